The maximum absolute atomic E-state index is 12.7. The van der Waals surface area contributed by atoms with E-state index >= 15 is 0 Å². The number of hydrogen-bond donors (Lipinski definition) is 5. The first-order chi connectivity index (χ1) is 15.4. The summed E-state index contributed by atoms with van der Waals surface area (Å²) in [6, 6.07) is 20.6. The molecule has 0 aliphatic heterocycles. The standard InChI is InChI=1S/C23H21N5O3S/c1-14(29)19-11-10-18(13-20(19)22(31)28-24)25-21(30)15-6-5-9-17(12-15)27-23(32)26-16-7-3-2-4-8-16/h2-13H,24H2,1H3,(H,25,30)(H,28,31)(H2,26,27,32). The number of benzene rings is 3. The number of nitrogen functional groups attached to an aromatic ring is 1. The number of rotatable bonds is 6. The Kier molecular flexibility index (Phi) is 7.27. The van der Waals surface area contributed by atoms with Crippen LogP contribution in [-0.4, -0.2) is 22.7 Å². The molecule has 0 heterocycles. The molecule has 0 unspecified atom stereocenters. The molecule has 0 bridgehead atoms. The van der Waals surface area contributed by atoms with Gasteiger partial charge in [-0.2, -0.15) is 0 Å². The molecule has 0 aliphatic rings. The third-order valence-electron chi connectivity index (χ3n) is 4.45. The van der Waals surface area contributed by atoms with Gasteiger partial charge in [-0.3, -0.25) is 19.8 Å². The summed E-state index contributed by atoms with van der Waals surface area (Å²) in [6.07, 6.45) is 0. The van der Waals surface area contributed by atoms with Crippen molar-refractivity contribution >= 4 is 52.0 Å². The Morgan fingerprint density at radius 2 is 1.38 bits per heavy atom. The molecule has 9 heteroatoms. The first kappa shape index (κ1) is 22.6. The first-order valence-corrected chi connectivity index (χ1v) is 9.98. The Morgan fingerprint density at radius 1 is 0.719 bits per heavy atom. The second-order valence-corrected chi connectivity index (χ2v) is 7.18. The SMILES string of the molecule is CC(=O)c1ccc(NC(=O)c2cccc(NC(=S)Nc3ccccc3)c2)cc1C(=O)NN. The summed E-state index contributed by atoms with van der Waals surface area (Å²) in [6.45, 7) is 1.34. The number of amides is 2. The number of thiocarbonyl (C=S) groups is 1. The summed E-state index contributed by atoms with van der Waals surface area (Å²) in [5.41, 5.74) is 4.46. The van der Waals surface area contributed by atoms with Gasteiger partial charge >= 0.3 is 0 Å². The summed E-state index contributed by atoms with van der Waals surface area (Å²) in [4.78, 5) is 36.5. The molecule has 0 atom stereocenters. The fourth-order valence-corrected chi connectivity index (χ4v) is 3.19. The van der Waals surface area contributed by atoms with Crippen LogP contribution in [0.4, 0.5) is 17.1 Å². The van der Waals surface area contributed by atoms with Gasteiger partial charge in [0.25, 0.3) is 11.8 Å². The van der Waals surface area contributed by atoms with Crippen LogP contribution >= 0.6 is 12.2 Å². The van der Waals surface area contributed by atoms with Crippen molar-refractivity contribution in [2.45, 2.75) is 6.92 Å². The highest BCUT2D eigenvalue weighted by Crippen LogP contribution is 2.19. The number of anilines is 3. The van der Waals surface area contributed by atoms with Crippen LogP contribution in [0.3, 0.4) is 0 Å². The number of Topliss-reactive ketones (excluding diaryl/α,β-unsaturated/α-hetero) is 1. The van der Waals surface area contributed by atoms with Crippen LogP contribution in [-0.2, 0) is 0 Å². The van der Waals surface area contributed by atoms with Crippen LogP contribution in [0, 0.1) is 0 Å². The largest absolute Gasteiger partial charge is 0.332 e. The topological polar surface area (TPSA) is 125 Å². The Morgan fingerprint density at radius 3 is 2.06 bits per heavy atom. The zero-order chi connectivity index (χ0) is 23.1. The van der Waals surface area contributed by atoms with Gasteiger partial charge in [0.2, 0.25) is 0 Å². The lowest BCUT2D eigenvalue weighted by atomic mass is 10.0. The number of ketones is 1. The lowest BCUT2D eigenvalue weighted by Crippen LogP contribution is -2.31. The molecule has 0 aromatic heterocycles. The summed E-state index contributed by atoms with van der Waals surface area (Å²) < 4.78 is 0. The highest BCUT2D eigenvalue weighted by molar-refractivity contribution is 7.80. The molecule has 0 aliphatic carbocycles. The van der Waals surface area contributed by atoms with Crippen molar-refractivity contribution in [3.05, 3.63) is 89.5 Å². The minimum atomic E-state index is -0.628. The Labute approximate surface area is 190 Å². The molecule has 0 saturated carbocycles. The van der Waals surface area contributed by atoms with E-state index in [1.165, 1.54) is 19.1 Å². The van der Waals surface area contributed by atoms with Crippen molar-refractivity contribution in [1.29, 1.82) is 0 Å². The van der Waals surface area contributed by atoms with E-state index in [-0.39, 0.29) is 16.9 Å². The van der Waals surface area contributed by atoms with Crippen molar-refractivity contribution in [3.63, 3.8) is 0 Å². The van der Waals surface area contributed by atoms with Crippen molar-refractivity contribution in [1.82, 2.24) is 5.43 Å². The summed E-state index contributed by atoms with van der Waals surface area (Å²) in [5.74, 6) is 3.88. The van der Waals surface area contributed by atoms with Crippen LogP contribution in [0.5, 0.6) is 0 Å². The first-order valence-electron chi connectivity index (χ1n) is 9.58. The lowest BCUT2D eigenvalue weighted by Gasteiger charge is -2.12. The van der Waals surface area contributed by atoms with Crippen LogP contribution in [0.25, 0.3) is 0 Å². The average Bonchev–Trinajstić information content (AvgIpc) is 2.79. The number of nitrogens with two attached hydrogens (primary N) is 1. The fourth-order valence-electron chi connectivity index (χ4n) is 2.95. The third-order valence-corrected chi connectivity index (χ3v) is 4.65. The molecule has 3 aromatic carbocycles. The average molecular weight is 448 g/mol. The van der Waals surface area contributed by atoms with E-state index in [0.717, 1.165) is 5.69 Å². The van der Waals surface area contributed by atoms with Gasteiger partial charge in [0, 0.05) is 28.2 Å². The number of carbonyl (C=O) groups is 3. The predicted molar refractivity (Wildman–Crippen MR) is 129 cm³/mol. The molecule has 0 spiro atoms. The number of hydrogen-bond acceptors (Lipinski definition) is 5. The van der Waals surface area contributed by atoms with Gasteiger partial charge in [0.1, 0.15) is 0 Å². The van der Waals surface area contributed by atoms with E-state index in [1.807, 2.05) is 35.8 Å². The Bertz CT molecular complexity index is 1180. The Hall–Kier alpha value is -4.08. The maximum atomic E-state index is 12.7. The van der Waals surface area contributed by atoms with E-state index in [9.17, 15) is 14.4 Å². The molecular weight excluding hydrogens is 426 g/mol. The Balaban J connectivity index is 1.72. The predicted octanol–water partition coefficient (Wildman–Crippen LogP) is 3.55. The minimum Gasteiger partial charge on any atom is -0.332 e. The van der Waals surface area contributed by atoms with Crippen molar-refractivity contribution < 1.29 is 14.4 Å². The van der Waals surface area contributed by atoms with Gasteiger partial charge in [-0.1, -0.05) is 24.3 Å². The van der Waals surface area contributed by atoms with Crippen molar-refractivity contribution in [2.24, 2.45) is 5.84 Å². The van der Waals surface area contributed by atoms with Crippen LogP contribution in [0.2, 0.25) is 0 Å². The van der Waals surface area contributed by atoms with Crippen LogP contribution < -0.4 is 27.2 Å². The van der Waals surface area contributed by atoms with Gasteiger partial charge < -0.3 is 16.0 Å². The molecule has 3 aromatic rings. The van der Waals surface area contributed by atoms with Gasteiger partial charge in [-0.05, 0) is 67.7 Å². The van der Waals surface area contributed by atoms with E-state index in [2.05, 4.69) is 16.0 Å². The van der Waals surface area contributed by atoms with E-state index in [4.69, 9.17) is 18.1 Å². The zero-order valence-corrected chi connectivity index (χ0v) is 18.0. The molecule has 8 nitrogen and oxygen atoms in total. The maximum Gasteiger partial charge on any atom is 0.265 e. The number of hydrazine groups is 1. The second kappa shape index (κ2) is 10.3. The molecule has 3 rings (SSSR count). The monoisotopic (exact) mass is 447 g/mol. The molecular formula is C23H21N5O3S. The van der Waals surface area contributed by atoms with Crippen molar-refractivity contribution in [3.8, 4) is 0 Å². The molecule has 0 fully saturated rings. The molecule has 32 heavy (non-hydrogen) atoms. The van der Waals surface area contributed by atoms with Crippen molar-refractivity contribution in [2.75, 3.05) is 16.0 Å². The molecule has 0 saturated heterocycles. The molecule has 0 radical (unpaired) electrons. The number of nitrogens with one attached hydrogen (secondary N) is 4. The summed E-state index contributed by atoms with van der Waals surface area (Å²) >= 11 is 5.32. The highest BCUT2D eigenvalue weighted by Gasteiger charge is 2.16. The van der Waals surface area contributed by atoms with Gasteiger partial charge in [-0.15, -0.1) is 0 Å². The minimum absolute atomic E-state index is 0.0746. The fraction of sp³-hybridized carbons (Fsp3) is 0.0435. The van der Waals surface area contributed by atoms with Crippen LogP contribution in [0.15, 0.2) is 72.8 Å². The van der Waals surface area contributed by atoms with Gasteiger partial charge in [0.05, 0.1) is 5.56 Å². The molecule has 2 amide bonds. The lowest BCUT2D eigenvalue weighted by molar-refractivity contribution is 0.0938. The normalized spacial score (nSPS) is 10.1. The number of para-hydroxylation sites is 1. The smallest absolute Gasteiger partial charge is 0.265 e. The second-order valence-electron chi connectivity index (χ2n) is 6.77. The van der Waals surface area contributed by atoms with E-state index < -0.39 is 11.8 Å². The molecule has 162 valence electrons. The van der Waals surface area contributed by atoms with Gasteiger partial charge in [-0.25, -0.2) is 5.84 Å². The zero-order valence-electron chi connectivity index (χ0n) is 17.1. The number of carbonyl (C=O) groups excluding carboxylic acids is 3. The molecule has 6 N–H and O–H groups in total. The quantitative estimate of drug-likeness (QED) is 0.129. The third kappa shape index (κ3) is 5.75. The highest BCUT2D eigenvalue weighted by atomic mass is 32.1. The van der Waals surface area contributed by atoms with E-state index in [1.54, 1.807) is 30.3 Å². The van der Waals surface area contributed by atoms with E-state index in [0.29, 0.717) is 22.1 Å². The summed E-state index contributed by atoms with van der Waals surface area (Å²) in [7, 11) is 0. The van der Waals surface area contributed by atoms with Crippen LogP contribution in [0.1, 0.15) is 38.0 Å². The van der Waals surface area contributed by atoms with Gasteiger partial charge in [0.15, 0.2) is 10.9 Å². The summed E-state index contributed by atoms with van der Waals surface area (Å²) in [5, 5.41) is 9.19.